The molecule has 1 saturated heterocycles. The summed E-state index contributed by atoms with van der Waals surface area (Å²) in [4.78, 5) is 11.3. The molecule has 0 aliphatic carbocycles. The minimum atomic E-state index is 0.599. The minimum absolute atomic E-state index is 0.599. The first-order chi connectivity index (χ1) is 11.7. The summed E-state index contributed by atoms with van der Waals surface area (Å²) in [6.45, 7) is 8.90. The van der Waals surface area contributed by atoms with E-state index in [9.17, 15) is 0 Å². The SMILES string of the molecule is CN=C(NCCc1ccccn1)NCC(CC(C)C)N1CCCC1. The molecule has 1 fully saturated rings. The third kappa shape index (κ3) is 6.48. The zero-order chi connectivity index (χ0) is 17.2. The van der Waals surface area contributed by atoms with E-state index in [4.69, 9.17) is 0 Å². The molecule has 1 atom stereocenters. The van der Waals surface area contributed by atoms with Crippen LogP contribution < -0.4 is 10.6 Å². The average Bonchev–Trinajstić information content (AvgIpc) is 3.11. The van der Waals surface area contributed by atoms with Gasteiger partial charge in [0.25, 0.3) is 0 Å². The number of guanidine groups is 1. The summed E-state index contributed by atoms with van der Waals surface area (Å²) in [6.07, 6.45) is 6.66. The lowest BCUT2D eigenvalue weighted by molar-refractivity contribution is 0.213. The second kappa shape index (κ2) is 10.3. The largest absolute Gasteiger partial charge is 0.356 e. The maximum Gasteiger partial charge on any atom is 0.191 e. The molecule has 24 heavy (non-hydrogen) atoms. The van der Waals surface area contributed by atoms with Crippen molar-refractivity contribution in [2.45, 2.75) is 45.6 Å². The number of likely N-dealkylation sites (tertiary alicyclic amines) is 1. The number of nitrogens with one attached hydrogen (secondary N) is 2. The van der Waals surface area contributed by atoms with Crippen molar-refractivity contribution in [3.05, 3.63) is 30.1 Å². The van der Waals surface area contributed by atoms with Gasteiger partial charge >= 0.3 is 0 Å². The molecule has 0 saturated carbocycles. The fraction of sp³-hybridized carbons (Fsp3) is 0.684. The Morgan fingerprint density at radius 3 is 2.67 bits per heavy atom. The van der Waals surface area contributed by atoms with Crippen LogP contribution in [0.5, 0.6) is 0 Å². The molecule has 2 heterocycles. The summed E-state index contributed by atoms with van der Waals surface area (Å²) in [5.41, 5.74) is 1.11. The van der Waals surface area contributed by atoms with Gasteiger partial charge in [0.2, 0.25) is 0 Å². The molecule has 1 aromatic rings. The van der Waals surface area contributed by atoms with Gasteiger partial charge in [-0.05, 0) is 50.4 Å². The molecular weight excluding hydrogens is 298 g/mol. The van der Waals surface area contributed by atoms with E-state index in [1.165, 1.54) is 32.4 Å². The average molecular weight is 332 g/mol. The summed E-state index contributed by atoms with van der Waals surface area (Å²) >= 11 is 0. The Labute approximate surface area is 147 Å². The van der Waals surface area contributed by atoms with Gasteiger partial charge in [-0.25, -0.2) is 0 Å². The van der Waals surface area contributed by atoms with Crippen molar-refractivity contribution in [2.24, 2.45) is 10.9 Å². The topological polar surface area (TPSA) is 52.6 Å². The number of nitrogens with zero attached hydrogens (tertiary/aromatic N) is 3. The monoisotopic (exact) mass is 331 g/mol. The highest BCUT2D eigenvalue weighted by Gasteiger charge is 2.22. The van der Waals surface area contributed by atoms with Crippen molar-refractivity contribution >= 4 is 5.96 Å². The quantitative estimate of drug-likeness (QED) is 0.567. The maximum atomic E-state index is 4.35. The highest BCUT2D eigenvalue weighted by Crippen LogP contribution is 2.17. The molecule has 134 valence electrons. The first-order valence-corrected chi connectivity index (χ1v) is 9.27. The first kappa shape index (κ1) is 18.7. The Bertz CT molecular complexity index is 480. The molecule has 0 radical (unpaired) electrons. The van der Waals surface area contributed by atoms with Crippen LogP contribution in [-0.4, -0.2) is 55.1 Å². The molecule has 1 aromatic heterocycles. The highest BCUT2D eigenvalue weighted by molar-refractivity contribution is 5.79. The van der Waals surface area contributed by atoms with Crippen molar-refractivity contribution in [3.63, 3.8) is 0 Å². The summed E-state index contributed by atoms with van der Waals surface area (Å²) in [5.74, 6) is 1.61. The first-order valence-electron chi connectivity index (χ1n) is 9.27. The normalized spacial score (nSPS) is 17.2. The Morgan fingerprint density at radius 2 is 2.04 bits per heavy atom. The van der Waals surface area contributed by atoms with E-state index in [1.54, 1.807) is 0 Å². The van der Waals surface area contributed by atoms with Gasteiger partial charge in [-0.2, -0.15) is 0 Å². The number of pyridine rings is 1. The van der Waals surface area contributed by atoms with E-state index in [0.717, 1.165) is 37.1 Å². The van der Waals surface area contributed by atoms with Crippen molar-refractivity contribution in [2.75, 3.05) is 33.2 Å². The third-order valence-corrected chi connectivity index (χ3v) is 4.53. The number of hydrogen-bond acceptors (Lipinski definition) is 3. The second-order valence-electron chi connectivity index (χ2n) is 6.98. The molecular formula is C19H33N5. The Hall–Kier alpha value is -1.62. The predicted molar refractivity (Wildman–Crippen MR) is 101 cm³/mol. The molecule has 2 rings (SSSR count). The molecule has 0 bridgehead atoms. The van der Waals surface area contributed by atoms with Crippen molar-refractivity contribution in [1.82, 2.24) is 20.5 Å². The van der Waals surface area contributed by atoms with Crippen LogP contribution in [0.3, 0.4) is 0 Å². The van der Waals surface area contributed by atoms with Crippen LogP contribution in [0.15, 0.2) is 29.4 Å². The third-order valence-electron chi connectivity index (χ3n) is 4.53. The molecule has 2 N–H and O–H groups in total. The minimum Gasteiger partial charge on any atom is -0.356 e. The van der Waals surface area contributed by atoms with Crippen LogP contribution in [0.1, 0.15) is 38.8 Å². The van der Waals surface area contributed by atoms with Crippen molar-refractivity contribution in [1.29, 1.82) is 0 Å². The van der Waals surface area contributed by atoms with Crippen molar-refractivity contribution in [3.8, 4) is 0 Å². The smallest absolute Gasteiger partial charge is 0.191 e. The van der Waals surface area contributed by atoms with E-state index in [2.05, 4.69) is 45.4 Å². The molecule has 5 heteroatoms. The van der Waals surface area contributed by atoms with E-state index in [0.29, 0.717) is 6.04 Å². The zero-order valence-electron chi connectivity index (χ0n) is 15.5. The Morgan fingerprint density at radius 1 is 1.25 bits per heavy atom. The van der Waals surface area contributed by atoms with Crippen molar-refractivity contribution < 1.29 is 0 Å². The predicted octanol–water partition coefficient (Wildman–Crippen LogP) is 2.30. The molecule has 5 nitrogen and oxygen atoms in total. The van der Waals surface area contributed by atoms with E-state index in [1.807, 2.05) is 25.4 Å². The number of hydrogen-bond donors (Lipinski definition) is 2. The van der Waals surface area contributed by atoms with Gasteiger partial charge in [0, 0.05) is 44.5 Å². The lowest BCUT2D eigenvalue weighted by Gasteiger charge is -2.29. The van der Waals surface area contributed by atoms with E-state index < -0.39 is 0 Å². The fourth-order valence-electron chi connectivity index (χ4n) is 3.30. The molecule has 1 unspecified atom stereocenters. The summed E-state index contributed by atoms with van der Waals surface area (Å²) in [7, 11) is 1.84. The van der Waals surface area contributed by atoms with Crippen LogP contribution in [0.4, 0.5) is 0 Å². The standard InChI is InChI=1S/C19H33N5/c1-16(2)14-18(24-12-6-7-13-24)15-23-19(20-3)22-11-9-17-8-4-5-10-21-17/h4-5,8,10,16,18H,6-7,9,11-15H2,1-3H3,(H2,20,22,23). The van der Waals surface area contributed by atoms with Crippen LogP contribution >= 0.6 is 0 Å². The van der Waals surface area contributed by atoms with E-state index >= 15 is 0 Å². The summed E-state index contributed by atoms with van der Waals surface area (Å²) in [6, 6.07) is 6.64. The zero-order valence-corrected chi connectivity index (χ0v) is 15.5. The summed E-state index contributed by atoms with van der Waals surface area (Å²) in [5, 5.41) is 6.91. The van der Waals surface area contributed by atoms with Crippen LogP contribution in [-0.2, 0) is 6.42 Å². The molecule has 0 spiro atoms. The van der Waals surface area contributed by atoms with Crippen LogP contribution in [0, 0.1) is 5.92 Å². The van der Waals surface area contributed by atoms with Gasteiger partial charge in [0.15, 0.2) is 5.96 Å². The Balaban J connectivity index is 1.75. The molecule has 1 aliphatic heterocycles. The molecule has 1 aliphatic rings. The number of aliphatic imine (C=N–C) groups is 1. The number of rotatable bonds is 8. The lowest BCUT2D eigenvalue weighted by Crippen LogP contribution is -2.47. The van der Waals surface area contributed by atoms with Gasteiger partial charge in [0.1, 0.15) is 0 Å². The van der Waals surface area contributed by atoms with Crippen LogP contribution in [0.25, 0.3) is 0 Å². The second-order valence-corrected chi connectivity index (χ2v) is 6.98. The van der Waals surface area contributed by atoms with Gasteiger partial charge in [-0.1, -0.05) is 19.9 Å². The van der Waals surface area contributed by atoms with Gasteiger partial charge < -0.3 is 10.6 Å². The fourth-order valence-corrected chi connectivity index (χ4v) is 3.30. The molecule has 0 aromatic carbocycles. The number of aromatic nitrogens is 1. The highest BCUT2D eigenvalue weighted by atomic mass is 15.2. The van der Waals surface area contributed by atoms with Gasteiger partial charge in [-0.3, -0.25) is 14.9 Å². The van der Waals surface area contributed by atoms with Gasteiger partial charge in [0.05, 0.1) is 0 Å². The molecule has 0 amide bonds. The van der Waals surface area contributed by atoms with Gasteiger partial charge in [-0.15, -0.1) is 0 Å². The van der Waals surface area contributed by atoms with E-state index in [-0.39, 0.29) is 0 Å². The lowest BCUT2D eigenvalue weighted by atomic mass is 10.0. The van der Waals surface area contributed by atoms with Crippen LogP contribution in [0.2, 0.25) is 0 Å². The Kier molecular flexibility index (Phi) is 8.02. The summed E-state index contributed by atoms with van der Waals surface area (Å²) < 4.78 is 0. The maximum absolute atomic E-state index is 4.35.